The first-order valence-electron chi connectivity index (χ1n) is 6.97. The molecular weight excluding hydrogens is 489 g/mol. The van der Waals surface area contributed by atoms with Crippen molar-refractivity contribution < 1.29 is 0 Å². The third-order valence-electron chi connectivity index (χ3n) is 3.28. The van der Waals surface area contributed by atoms with Gasteiger partial charge in [0.05, 0.1) is 0 Å². The molecule has 0 amide bonds. The fourth-order valence-electron chi connectivity index (χ4n) is 2.07. The second-order valence-electron chi connectivity index (χ2n) is 4.82. The zero-order chi connectivity index (χ0) is 14.4. The van der Waals surface area contributed by atoms with Crippen molar-refractivity contribution in [2.75, 3.05) is 0 Å². The molecule has 2 aromatic carbocycles. The van der Waals surface area contributed by atoms with Crippen molar-refractivity contribution in [3.63, 3.8) is 0 Å². The fraction of sp³-hybridized carbons (Fsp3) is 0.294. The minimum Gasteiger partial charge on any atom is -0.0774 e. The van der Waals surface area contributed by atoms with Gasteiger partial charge in [0.15, 0.2) is 0 Å². The number of alkyl halides is 1. The molecule has 106 valence electrons. The largest absolute Gasteiger partial charge is 0.0774 e. The van der Waals surface area contributed by atoms with Gasteiger partial charge in [0, 0.05) is 9.49 Å². The van der Waals surface area contributed by atoms with Gasteiger partial charge in [0.2, 0.25) is 0 Å². The quantitative estimate of drug-likeness (QED) is 0.250. The normalized spacial score (nSPS) is 13.9. The molecule has 0 aromatic heterocycles. The van der Waals surface area contributed by atoms with Crippen LogP contribution in [0.3, 0.4) is 0 Å². The van der Waals surface area contributed by atoms with Gasteiger partial charge in [-0.25, -0.2) is 0 Å². The molecule has 0 nitrogen and oxygen atoms in total. The van der Waals surface area contributed by atoms with Gasteiger partial charge in [-0.3, -0.25) is 0 Å². The monoisotopic (exact) mass is 508 g/mol. The highest BCUT2D eigenvalue weighted by Crippen LogP contribution is 2.42. The summed E-state index contributed by atoms with van der Waals surface area (Å²) < 4.78 is 0.652. The van der Waals surface area contributed by atoms with Crippen LogP contribution in [0.5, 0.6) is 0 Å². The van der Waals surface area contributed by atoms with E-state index in [-0.39, 0.29) is 5.56 Å². The van der Waals surface area contributed by atoms with Gasteiger partial charge in [0.25, 0.3) is 0 Å². The first kappa shape index (κ1) is 16.7. The van der Waals surface area contributed by atoms with E-state index in [4.69, 9.17) is 0 Å². The lowest BCUT2D eigenvalue weighted by Gasteiger charge is -2.14. The average molecular weight is 508 g/mol. The molecule has 0 fully saturated rings. The van der Waals surface area contributed by atoms with Crippen molar-refractivity contribution in [2.45, 2.75) is 30.1 Å². The summed E-state index contributed by atoms with van der Waals surface area (Å²) in [7, 11) is 0. The van der Waals surface area contributed by atoms with E-state index < -0.39 is 0 Å². The summed E-state index contributed by atoms with van der Waals surface area (Å²) in [6.45, 7) is 2.26. The molecule has 3 heteroatoms. The molecule has 20 heavy (non-hydrogen) atoms. The molecule has 0 aliphatic rings. The van der Waals surface area contributed by atoms with Gasteiger partial charge in [-0.15, -0.1) is 0 Å². The lowest BCUT2D eigenvalue weighted by molar-refractivity contribution is 0.720. The van der Waals surface area contributed by atoms with Gasteiger partial charge in [-0.05, 0) is 44.6 Å². The van der Waals surface area contributed by atoms with E-state index in [9.17, 15) is 0 Å². The lowest BCUT2D eigenvalue weighted by atomic mass is 10.1. The molecule has 2 aromatic rings. The molecule has 0 saturated carbocycles. The molecule has 0 radical (unpaired) electrons. The van der Waals surface area contributed by atoms with E-state index in [0.717, 1.165) is 0 Å². The number of hydrogen-bond acceptors (Lipinski definition) is 0. The number of halogens is 2. The van der Waals surface area contributed by atoms with Crippen LogP contribution in [0.1, 0.15) is 35.7 Å². The topological polar surface area (TPSA) is 0 Å². The van der Waals surface area contributed by atoms with E-state index in [1.807, 2.05) is 0 Å². The standard InChI is InChI=1S/C17H19I2P/c1-2-3-9-17(18)14-10-12-16(13-11-14)20(19)15-7-5-4-6-8-15/h4-8,10-13,17H,2-3,9H2,1H3. The van der Waals surface area contributed by atoms with Crippen LogP contribution in [0.2, 0.25) is 0 Å². The van der Waals surface area contributed by atoms with Crippen molar-refractivity contribution >= 4 is 60.8 Å². The Morgan fingerprint density at radius 2 is 1.55 bits per heavy atom. The molecule has 2 rings (SSSR count). The van der Waals surface area contributed by atoms with Crippen LogP contribution in [0, 0.1) is 0 Å². The van der Waals surface area contributed by atoms with Crippen LogP contribution in [-0.2, 0) is 0 Å². The Bertz CT molecular complexity index is 510. The van der Waals surface area contributed by atoms with E-state index in [0.29, 0.717) is 3.92 Å². The summed E-state index contributed by atoms with van der Waals surface area (Å²) in [5.41, 5.74) is 1.22. The maximum Gasteiger partial charge on any atom is 0.0359 e. The van der Waals surface area contributed by atoms with Crippen molar-refractivity contribution in [1.29, 1.82) is 0 Å². The summed E-state index contributed by atoms with van der Waals surface area (Å²) >= 11 is 5.16. The zero-order valence-corrected chi connectivity index (χ0v) is 16.8. The maximum absolute atomic E-state index is 2.59. The van der Waals surface area contributed by atoms with Gasteiger partial charge >= 0.3 is 0 Å². The van der Waals surface area contributed by atoms with Crippen molar-refractivity contribution in [3.8, 4) is 0 Å². The van der Waals surface area contributed by atoms with Gasteiger partial charge in [0.1, 0.15) is 0 Å². The summed E-state index contributed by atoms with van der Waals surface area (Å²) in [6.07, 6.45) is 3.89. The maximum atomic E-state index is 2.59. The zero-order valence-electron chi connectivity index (χ0n) is 11.6. The highest BCUT2D eigenvalue weighted by Gasteiger charge is 2.11. The third-order valence-corrected chi connectivity index (χ3v) is 9.46. The van der Waals surface area contributed by atoms with Crippen LogP contribution in [-0.4, -0.2) is 0 Å². The Kier molecular flexibility index (Phi) is 7.26. The number of rotatable bonds is 6. The van der Waals surface area contributed by atoms with Crippen LogP contribution >= 0.6 is 50.2 Å². The average Bonchev–Trinajstić information content (AvgIpc) is 2.53. The second kappa shape index (κ2) is 8.70. The van der Waals surface area contributed by atoms with Crippen molar-refractivity contribution in [3.05, 3.63) is 60.2 Å². The predicted octanol–water partition coefficient (Wildman–Crippen LogP) is 6.14. The minimum atomic E-state index is -0.246. The van der Waals surface area contributed by atoms with Crippen LogP contribution in [0.4, 0.5) is 0 Å². The Balaban J connectivity index is 2.08. The van der Waals surface area contributed by atoms with E-state index in [2.05, 4.69) is 106 Å². The molecule has 0 saturated heterocycles. The van der Waals surface area contributed by atoms with Gasteiger partial charge in [-0.1, -0.05) is 97.0 Å². The van der Waals surface area contributed by atoms with E-state index in [1.165, 1.54) is 35.4 Å². The predicted molar refractivity (Wildman–Crippen MR) is 109 cm³/mol. The highest BCUT2D eigenvalue weighted by atomic mass is 127. The van der Waals surface area contributed by atoms with Crippen molar-refractivity contribution in [1.82, 2.24) is 0 Å². The fourth-order valence-corrected chi connectivity index (χ4v) is 6.00. The van der Waals surface area contributed by atoms with E-state index >= 15 is 0 Å². The SMILES string of the molecule is CCCCC(I)c1ccc(P(I)c2ccccc2)cc1. The highest BCUT2D eigenvalue weighted by molar-refractivity contribution is 14.2. The van der Waals surface area contributed by atoms with Crippen LogP contribution < -0.4 is 10.6 Å². The Morgan fingerprint density at radius 3 is 2.15 bits per heavy atom. The molecule has 0 bridgehead atoms. The molecule has 2 unspecified atom stereocenters. The van der Waals surface area contributed by atoms with E-state index in [1.54, 1.807) is 0 Å². The Morgan fingerprint density at radius 1 is 0.950 bits per heavy atom. The second-order valence-corrected chi connectivity index (χ2v) is 10.8. The van der Waals surface area contributed by atoms with Gasteiger partial charge in [-0.2, -0.15) is 0 Å². The summed E-state index contributed by atoms with van der Waals surface area (Å²) in [6, 6.07) is 20.1. The molecule has 0 spiro atoms. The number of unbranched alkanes of at least 4 members (excludes halogenated alkanes) is 1. The Hall–Kier alpha value is 0.330. The molecular formula is C17H19I2P. The smallest absolute Gasteiger partial charge is 0.0359 e. The van der Waals surface area contributed by atoms with Crippen LogP contribution in [0.15, 0.2) is 54.6 Å². The number of hydrogen-bond donors (Lipinski definition) is 0. The van der Waals surface area contributed by atoms with Gasteiger partial charge < -0.3 is 0 Å². The summed E-state index contributed by atoms with van der Waals surface area (Å²) in [5.74, 6) is 0. The first-order valence-corrected chi connectivity index (χ1v) is 12.3. The molecule has 2 atom stereocenters. The lowest BCUT2D eigenvalue weighted by Crippen LogP contribution is -2.07. The van der Waals surface area contributed by atoms with Crippen molar-refractivity contribution in [2.24, 2.45) is 0 Å². The third kappa shape index (κ3) is 4.67. The Labute approximate surface area is 150 Å². The summed E-state index contributed by atoms with van der Waals surface area (Å²) in [4.78, 5) is 0. The number of benzene rings is 2. The summed E-state index contributed by atoms with van der Waals surface area (Å²) in [5, 5.41) is 2.89. The minimum absolute atomic E-state index is 0.246. The van der Waals surface area contributed by atoms with Crippen LogP contribution in [0.25, 0.3) is 0 Å². The molecule has 0 aliphatic carbocycles. The molecule has 0 aliphatic heterocycles. The molecule has 0 N–H and O–H groups in total. The molecule has 0 heterocycles. The first-order chi connectivity index (χ1) is 9.72.